The molecule has 0 spiro atoms. The highest BCUT2D eigenvalue weighted by Crippen LogP contribution is 2.42. The van der Waals surface area contributed by atoms with Gasteiger partial charge < -0.3 is 20.1 Å². The van der Waals surface area contributed by atoms with Crippen LogP contribution < -0.4 is 5.32 Å². The van der Waals surface area contributed by atoms with Crippen LogP contribution in [0.1, 0.15) is 187 Å². The van der Waals surface area contributed by atoms with E-state index < -0.39 is 26.5 Å². The van der Waals surface area contributed by atoms with Crippen molar-refractivity contribution in [2.24, 2.45) is 0 Å². The van der Waals surface area contributed by atoms with E-state index in [1.165, 1.54) is 122 Å². The Kier molecular flexibility index (Phi) is 33.2. The molecule has 0 aromatic carbocycles. The van der Waals surface area contributed by atoms with E-state index in [1.54, 1.807) is 0 Å². The molecule has 0 rings (SSSR count). The van der Waals surface area contributed by atoms with Gasteiger partial charge in [-0.05, 0) is 12.8 Å². The molecule has 0 aliphatic heterocycles. The summed E-state index contributed by atoms with van der Waals surface area (Å²) in [7, 11) is -4.40. The predicted octanol–water partition coefficient (Wildman–Crippen LogP) is 9.71. The van der Waals surface area contributed by atoms with Gasteiger partial charge in [-0.1, -0.05) is 162 Å². The van der Waals surface area contributed by atoms with E-state index in [0.29, 0.717) is 12.8 Å². The van der Waals surface area contributed by atoms with Gasteiger partial charge in [0, 0.05) is 19.4 Å². The molecule has 3 N–H and O–H groups in total. The lowest BCUT2D eigenvalue weighted by Crippen LogP contribution is -2.27. The molecule has 0 aromatic rings. The first-order valence-electron chi connectivity index (χ1n) is 19.0. The number of aliphatic hydroxyl groups is 1. The summed E-state index contributed by atoms with van der Waals surface area (Å²) in [5.41, 5.74) is 0. The lowest BCUT2D eigenvalue weighted by molar-refractivity contribution is -0.147. The molecule has 0 heterocycles. The van der Waals surface area contributed by atoms with Crippen molar-refractivity contribution < 1.29 is 37.9 Å². The molecule has 0 saturated carbocycles. The summed E-state index contributed by atoms with van der Waals surface area (Å²) in [5.74, 6) is -0.510. The van der Waals surface area contributed by atoms with Crippen molar-refractivity contribution >= 4 is 19.7 Å². The minimum Gasteiger partial charge on any atom is -0.463 e. The maximum atomic E-state index is 12.0. The molecular formula is C36H72NO8P. The van der Waals surface area contributed by atoms with Crippen LogP contribution in [0.2, 0.25) is 0 Å². The quantitative estimate of drug-likeness (QED) is 0.0339. The van der Waals surface area contributed by atoms with Crippen molar-refractivity contribution in [3.63, 3.8) is 0 Å². The van der Waals surface area contributed by atoms with Crippen molar-refractivity contribution in [3.8, 4) is 0 Å². The fourth-order valence-corrected chi connectivity index (χ4v) is 6.14. The molecule has 2 unspecified atom stereocenters. The van der Waals surface area contributed by atoms with Crippen LogP contribution in [-0.4, -0.2) is 54.3 Å². The number of carbonyl (C=O) groups excluding carboxylic acids is 2. The van der Waals surface area contributed by atoms with E-state index in [9.17, 15) is 24.2 Å². The van der Waals surface area contributed by atoms with Gasteiger partial charge in [0.15, 0.2) is 0 Å². The third-order valence-electron chi connectivity index (χ3n) is 8.29. The maximum absolute atomic E-state index is 12.0. The molecule has 0 aliphatic rings. The topological polar surface area (TPSA) is 131 Å². The van der Waals surface area contributed by atoms with Crippen LogP contribution in [0.15, 0.2) is 0 Å². The Hall–Kier alpha value is -0.990. The zero-order chi connectivity index (χ0) is 34.0. The van der Waals surface area contributed by atoms with Gasteiger partial charge in [-0.2, -0.15) is 0 Å². The molecule has 0 bridgehead atoms. The van der Waals surface area contributed by atoms with Gasteiger partial charge in [-0.3, -0.25) is 18.6 Å². The van der Waals surface area contributed by atoms with E-state index in [-0.39, 0.29) is 25.7 Å². The second kappa shape index (κ2) is 33.9. The third-order valence-corrected chi connectivity index (χ3v) is 9.27. The second-order valence-corrected chi connectivity index (χ2v) is 14.4. The van der Waals surface area contributed by atoms with Gasteiger partial charge >= 0.3 is 13.8 Å². The number of nitrogens with one attached hydrogen (secondary N) is 1. The third kappa shape index (κ3) is 34.3. The molecule has 274 valence electrons. The number of phosphoric ester groups is 1. The standard InChI is InChI=1S/C36H72NO8P/c1-3-5-7-9-11-13-15-16-17-18-19-21-23-25-27-29-36(40)43-32-34(38)33-45-46(41,42)44-31-30-37-35(39)28-26-24-22-20-14-12-10-8-6-4-2/h34,38H,3-33H2,1-2H3,(H,37,39)(H,41,42). The molecule has 0 aliphatic carbocycles. The largest absolute Gasteiger partial charge is 0.472 e. The molecule has 0 fully saturated rings. The number of amides is 1. The van der Waals surface area contributed by atoms with Gasteiger partial charge in [0.1, 0.15) is 12.7 Å². The Balaban J connectivity index is 3.59. The molecule has 46 heavy (non-hydrogen) atoms. The van der Waals surface area contributed by atoms with E-state index in [2.05, 4.69) is 19.2 Å². The van der Waals surface area contributed by atoms with Gasteiger partial charge in [0.2, 0.25) is 5.91 Å². The van der Waals surface area contributed by atoms with Crippen LogP contribution in [0.3, 0.4) is 0 Å². The molecule has 2 atom stereocenters. The molecular weight excluding hydrogens is 605 g/mol. The van der Waals surface area contributed by atoms with Gasteiger partial charge in [0.05, 0.1) is 13.2 Å². The SMILES string of the molecule is CCCCCCCCCCCCCCCCCC(=O)OCC(O)COP(=O)(O)OCCNC(=O)CCCCCCCCCCCC. The van der Waals surface area contributed by atoms with Crippen molar-refractivity contribution in [2.75, 3.05) is 26.4 Å². The zero-order valence-corrected chi connectivity index (χ0v) is 30.7. The van der Waals surface area contributed by atoms with Crippen LogP contribution in [-0.2, 0) is 27.9 Å². The number of esters is 1. The average molecular weight is 678 g/mol. The van der Waals surface area contributed by atoms with Crippen LogP contribution in [0, 0.1) is 0 Å². The van der Waals surface area contributed by atoms with Crippen LogP contribution in [0.4, 0.5) is 0 Å². The Morgan fingerprint density at radius 1 is 0.587 bits per heavy atom. The molecule has 0 aromatic heterocycles. The summed E-state index contributed by atoms with van der Waals surface area (Å²) in [4.78, 5) is 33.7. The van der Waals surface area contributed by atoms with Crippen LogP contribution in [0.25, 0.3) is 0 Å². The minimum absolute atomic E-state index is 0.0873. The lowest BCUT2D eigenvalue weighted by atomic mass is 10.0. The Bertz CT molecular complexity index is 739. The van der Waals surface area contributed by atoms with Gasteiger partial charge in [-0.25, -0.2) is 4.57 Å². The number of carbonyl (C=O) groups is 2. The summed E-state index contributed by atoms with van der Waals surface area (Å²) in [5, 5.41) is 12.6. The molecule has 0 saturated heterocycles. The van der Waals surface area contributed by atoms with E-state index in [4.69, 9.17) is 13.8 Å². The summed E-state index contributed by atoms with van der Waals surface area (Å²) >= 11 is 0. The molecule has 1 amide bonds. The lowest BCUT2D eigenvalue weighted by Gasteiger charge is -2.15. The Labute approximate surface area is 282 Å². The van der Waals surface area contributed by atoms with Crippen molar-refractivity contribution in [3.05, 3.63) is 0 Å². The molecule has 0 radical (unpaired) electrons. The smallest absolute Gasteiger partial charge is 0.463 e. The maximum Gasteiger partial charge on any atom is 0.472 e. The number of hydrogen-bond acceptors (Lipinski definition) is 7. The highest BCUT2D eigenvalue weighted by atomic mass is 31.2. The number of aliphatic hydroxyl groups excluding tert-OH is 1. The van der Waals surface area contributed by atoms with Crippen LogP contribution in [0.5, 0.6) is 0 Å². The van der Waals surface area contributed by atoms with Crippen molar-refractivity contribution in [2.45, 2.75) is 193 Å². The van der Waals surface area contributed by atoms with E-state index >= 15 is 0 Å². The first-order chi connectivity index (χ1) is 22.3. The molecule has 10 heteroatoms. The number of rotatable bonds is 36. The highest BCUT2D eigenvalue weighted by Gasteiger charge is 2.23. The van der Waals surface area contributed by atoms with E-state index in [0.717, 1.165) is 38.5 Å². The number of hydrogen-bond donors (Lipinski definition) is 3. The number of unbranched alkanes of at least 4 members (excludes halogenated alkanes) is 23. The second-order valence-electron chi connectivity index (χ2n) is 12.9. The normalized spacial score (nSPS) is 13.4. The van der Waals surface area contributed by atoms with Gasteiger partial charge in [-0.15, -0.1) is 0 Å². The van der Waals surface area contributed by atoms with E-state index in [1.807, 2.05) is 0 Å². The monoisotopic (exact) mass is 677 g/mol. The first-order valence-corrected chi connectivity index (χ1v) is 20.5. The average Bonchev–Trinajstić information content (AvgIpc) is 3.04. The first kappa shape index (κ1) is 45.0. The van der Waals surface area contributed by atoms with Gasteiger partial charge in [0.25, 0.3) is 0 Å². The zero-order valence-electron chi connectivity index (χ0n) is 29.8. The molecule has 9 nitrogen and oxygen atoms in total. The Morgan fingerprint density at radius 2 is 0.978 bits per heavy atom. The fourth-order valence-electron chi connectivity index (χ4n) is 5.38. The number of ether oxygens (including phenoxy) is 1. The summed E-state index contributed by atoms with van der Waals surface area (Å²) < 4.78 is 26.7. The van der Waals surface area contributed by atoms with Crippen molar-refractivity contribution in [1.29, 1.82) is 0 Å². The fraction of sp³-hybridized carbons (Fsp3) is 0.944. The highest BCUT2D eigenvalue weighted by molar-refractivity contribution is 7.47. The number of phosphoric acid groups is 1. The van der Waals surface area contributed by atoms with Crippen LogP contribution >= 0.6 is 7.82 Å². The summed E-state index contributed by atoms with van der Waals surface area (Å²) in [6.07, 6.45) is 30.3. The Morgan fingerprint density at radius 3 is 1.41 bits per heavy atom. The predicted molar refractivity (Wildman–Crippen MR) is 188 cm³/mol. The van der Waals surface area contributed by atoms with Crippen molar-refractivity contribution in [1.82, 2.24) is 5.32 Å². The summed E-state index contributed by atoms with van der Waals surface area (Å²) in [6.45, 7) is 3.55. The summed E-state index contributed by atoms with van der Waals surface area (Å²) in [6, 6.07) is 0. The minimum atomic E-state index is -4.40.